The van der Waals surface area contributed by atoms with Crippen molar-refractivity contribution in [3.8, 4) is 11.3 Å². The Labute approximate surface area is 222 Å². The molecule has 4 rings (SSSR count). The molecule has 0 spiro atoms. The fourth-order valence-corrected chi connectivity index (χ4v) is 5.54. The molecular weight excluding hydrogens is 512 g/mol. The van der Waals surface area contributed by atoms with Crippen LogP contribution >= 0.6 is 11.3 Å². The lowest BCUT2D eigenvalue weighted by Gasteiger charge is -2.08. The Balaban J connectivity index is 1.43. The number of hydrogen-bond acceptors (Lipinski definition) is 9. The van der Waals surface area contributed by atoms with Crippen LogP contribution < -0.4 is 10.7 Å². The van der Waals surface area contributed by atoms with Gasteiger partial charge in [-0.15, -0.1) is 11.3 Å². The van der Waals surface area contributed by atoms with Crippen LogP contribution in [0.15, 0.2) is 39.9 Å². The van der Waals surface area contributed by atoms with E-state index in [0.29, 0.717) is 33.9 Å². The molecule has 2 N–H and O–H groups in total. The second-order valence-electron chi connectivity index (χ2n) is 8.55. The minimum atomic E-state index is -1.03. The first-order chi connectivity index (χ1) is 18.3. The van der Waals surface area contributed by atoms with Crippen molar-refractivity contribution in [1.82, 2.24) is 5.43 Å². The van der Waals surface area contributed by atoms with Crippen molar-refractivity contribution < 1.29 is 28.5 Å². The van der Waals surface area contributed by atoms with Crippen molar-refractivity contribution in [3.63, 3.8) is 0 Å². The monoisotopic (exact) mass is 538 g/mol. The third-order valence-corrected chi connectivity index (χ3v) is 7.29. The van der Waals surface area contributed by atoms with Gasteiger partial charge in [0.15, 0.2) is 0 Å². The summed E-state index contributed by atoms with van der Waals surface area (Å²) in [6, 6.07) is 7.87. The number of benzene rings is 1. The van der Waals surface area contributed by atoms with E-state index in [2.05, 4.69) is 15.8 Å². The summed E-state index contributed by atoms with van der Waals surface area (Å²) in [4.78, 5) is 49.3. The number of thiophene rings is 1. The summed E-state index contributed by atoms with van der Waals surface area (Å²) in [6.45, 7) is 3.53. The van der Waals surface area contributed by atoms with Gasteiger partial charge in [0.05, 0.1) is 23.3 Å². The lowest BCUT2D eigenvalue weighted by atomic mass is 10.1. The van der Waals surface area contributed by atoms with Gasteiger partial charge in [0.25, 0.3) is 5.69 Å². The maximum Gasteiger partial charge on any atom is 0.341 e. The Morgan fingerprint density at radius 1 is 1.16 bits per heavy atom. The van der Waals surface area contributed by atoms with Gasteiger partial charge in [-0.2, -0.15) is 5.10 Å². The van der Waals surface area contributed by atoms with Crippen molar-refractivity contribution in [2.75, 3.05) is 11.9 Å². The van der Waals surface area contributed by atoms with Crippen LogP contribution in [0, 0.1) is 17.0 Å². The Hall–Kier alpha value is -4.32. The number of anilines is 1. The molecule has 1 aliphatic carbocycles. The number of nitro groups is 1. The van der Waals surface area contributed by atoms with Crippen LogP contribution in [0.5, 0.6) is 0 Å². The predicted molar refractivity (Wildman–Crippen MR) is 141 cm³/mol. The first-order valence-corrected chi connectivity index (χ1v) is 12.9. The van der Waals surface area contributed by atoms with Crippen LogP contribution in [0.4, 0.5) is 10.7 Å². The molecule has 0 atom stereocenters. The molecule has 1 aliphatic rings. The number of aryl methyl sites for hydroxylation is 1. The summed E-state index contributed by atoms with van der Waals surface area (Å²) in [5.74, 6) is -1.87. The molecule has 0 aliphatic heterocycles. The number of esters is 1. The number of carbonyl (C=O) groups excluding carboxylic acids is 3. The number of nitro benzene ring substituents is 1. The highest BCUT2D eigenvalue weighted by Gasteiger charge is 2.28. The molecule has 38 heavy (non-hydrogen) atoms. The Kier molecular flexibility index (Phi) is 8.31. The third kappa shape index (κ3) is 5.80. The number of amides is 2. The number of nitrogens with one attached hydrogen (secondary N) is 2. The lowest BCUT2D eigenvalue weighted by molar-refractivity contribution is -0.385. The average molecular weight is 539 g/mol. The predicted octanol–water partition coefficient (Wildman–Crippen LogP) is 4.76. The van der Waals surface area contributed by atoms with Gasteiger partial charge in [-0.25, -0.2) is 10.2 Å². The van der Waals surface area contributed by atoms with E-state index in [1.54, 1.807) is 38.1 Å². The van der Waals surface area contributed by atoms with Crippen LogP contribution in [0.2, 0.25) is 0 Å². The maximum absolute atomic E-state index is 12.6. The summed E-state index contributed by atoms with van der Waals surface area (Å²) < 4.78 is 10.9. The molecule has 0 unspecified atom stereocenters. The summed E-state index contributed by atoms with van der Waals surface area (Å²) in [7, 11) is 0. The number of fused-ring (bicyclic) bond motifs is 1. The van der Waals surface area contributed by atoms with E-state index >= 15 is 0 Å². The van der Waals surface area contributed by atoms with E-state index in [9.17, 15) is 24.5 Å². The molecule has 1 aromatic carbocycles. The molecule has 0 fully saturated rings. The van der Waals surface area contributed by atoms with E-state index in [1.165, 1.54) is 23.6 Å². The molecule has 0 bridgehead atoms. The summed E-state index contributed by atoms with van der Waals surface area (Å²) in [5.41, 5.74) is 4.31. The highest BCUT2D eigenvalue weighted by atomic mass is 32.1. The van der Waals surface area contributed by atoms with E-state index in [-0.39, 0.29) is 18.1 Å². The third-order valence-electron chi connectivity index (χ3n) is 6.09. The zero-order valence-electron chi connectivity index (χ0n) is 20.9. The maximum atomic E-state index is 12.6. The topological polar surface area (TPSA) is 153 Å². The molecule has 2 heterocycles. The zero-order valence-corrected chi connectivity index (χ0v) is 21.7. The van der Waals surface area contributed by atoms with Crippen molar-refractivity contribution in [2.45, 2.75) is 46.0 Å². The number of rotatable bonds is 7. The van der Waals surface area contributed by atoms with Gasteiger partial charge in [-0.1, -0.05) is 18.6 Å². The van der Waals surface area contributed by atoms with Crippen molar-refractivity contribution in [1.29, 1.82) is 0 Å². The first-order valence-electron chi connectivity index (χ1n) is 12.1. The van der Waals surface area contributed by atoms with Crippen LogP contribution in [-0.4, -0.2) is 35.5 Å². The highest BCUT2D eigenvalue weighted by Crippen LogP contribution is 2.38. The molecular formula is C26H26N4O7S. The second kappa shape index (κ2) is 11.8. The molecule has 0 saturated heterocycles. The Bertz CT molecular complexity index is 1420. The largest absolute Gasteiger partial charge is 0.462 e. The van der Waals surface area contributed by atoms with Gasteiger partial charge in [0.1, 0.15) is 16.5 Å². The first kappa shape index (κ1) is 26.7. The van der Waals surface area contributed by atoms with Gasteiger partial charge in [-0.3, -0.25) is 19.7 Å². The van der Waals surface area contributed by atoms with Crippen molar-refractivity contribution >= 4 is 46.0 Å². The highest BCUT2D eigenvalue weighted by molar-refractivity contribution is 7.17. The van der Waals surface area contributed by atoms with Crippen LogP contribution in [-0.2, 0) is 27.2 Å². The SMILES string of the molecule is CCOC(=O)c1c(NC(=O)C(=O)N/N=C/c2ccc(-c3cccc([N+](=O)[O-])c3C)o2)sc2c1CCCCC2. The van der Waals surface area contributed by atoms with Gasteiger partial charge in [0, 0.05) is 22.1 Å². The smallest absolute Gasteiger partial charge is 0.341 e. The number of ether oxygens (including phenoxy) is 1. The molecule has 2 amide bonds. The van der Waals surface area contributed by atoms with Gasteiger partial charge in [-0.05, 0) is 57.2 Å². The van der Waals surface area contributed by atoms with Crippen LogP contribution in [0.3, 0.4) is 0 Å². The molecule has 198 valence electrons. The Morgan fingerprint density at radius 2 is 1.95 bits per heavy atom. The summed E-state index contributed by atoms with van der Waals surface area (Å²) in [6.07, 6.45) is 5.72. The zero-order chi connectivity index (χ0) is 27.2. The molecule has 3 aromatic rings. The Morgan fingerprint density at radius 3 is 2.71 bits per heavy atom. The van der Waals surface area contributed by atoms with Gasteiger partial charge < -0.3 is 14.5 Å². The molecule has 0 saturated carbocycles. The van der Waals surface area contributed by atoms with Crippen molar-refractivity contribution in [2.24, 2.45) is 5.10 Å². The molecule has 12 heteroatoms. The second-order valence-corrected chi connectivity index (χ2v) is 9.66. The lowest BCUT2D eigenvalue weighted by Crippen LogP contribution is -2.32. The summed E-state index contributed by atoms with van der Waals surface area (Å²) >= 11 is 1.29. The quantitative estimate of drug-likeness (QED) is 0.110. The number of hydrazone groups is 1. The number of nitrogens with zero attached hydrogens (tertiary/aromatic N) is 2. The molecule has 11 nitrogen and oxygen atoms in total. The van der Waals surface area contributed by atoms with E-state index in [0.717, 1.165) is 36.1 Å². The minimum absolute atomic E-state index is 0.0272. The number of carbonyl (C=O) groups is 3. The fourth-order valence-electron chi connectivity index (χ4n) is 4.27. The summed E-state index contributed by atoms with van der Waals surface area (Å²) in [5, 5.41) is 17.8. The van der Waals surface area contributed by atoms with E-state index in [4.69, 9.17) is 9.15 Å². The van der Waals surface area contributed by atoms with Crippen molar-refractivity contribution in [3.05, 3.63) is 67.8 Å². The fraction of sp³-hybridized carbons (Fsp3) is 0.308. The average Bonchev–Trinajstić information content (AvgIpc) is 3.41. The van der Waals surface area contributed by atoms with Crippen LogP contribution in [0.1, 0.15) is 58.3 Å². The van der Waals surface area contributed by atoms with Crippen LogP contribution in [0.25, 0.3) is 11.3 Å². The molecule has 0 radical (unpaired) electrons. The number of furan rings is 1. The number of hydrogen-bond donors (Lipinski definition) is 2. The van der Waals surface area contributed by atoms with E-state index < -0.39 is 22.7 Å². The minimum Gasteiger partial charge on any atom is -0.462 e. The standard InChI is InChI=1S/C26H26N4O7S/c1-3-36-26(33)22-18-8-5-4-6-11-21(18)38-25(22)28-23(31)24(32)29-27-14-16-12-13-20(37-16)17-9-7-10-19(15(17)2)30(34)35/h7,9-10,12-14H,3-6,8,11H2,1-2H3,(H,28,31)(H,29,32)/b27-14+. The van der Waals surface area contributed by atoms with Gasteiger partial charge in [0.2, 0.25) is 0 Å². The van der Waals surface area contributed by atoms with Gasteiger partial charge >= 0.3 is 17.8 Å². The molecule has 2 aromatic heterocycles. The van der Waals surface area contributed by atoms with E-state index in [1.807, 2.05) is 0 Å². The normalized spacial score (nSPS) is 13.0.